The Morgan fingerprint density at radius 3 is 2.58 bits per heavy atom. The lowest BCUT2D eigenvalue weighted by atomic mass is 9.81. The summed E-state index contributed by atoms with van der Waals surface area (Å²) in [7, 11) is 1.63. The van der Waals surface area contributed by atoms with Crippen LogP contribution in [0.25, 0.3) is 10.2 Å². The summed E-state index contributed by atoms with van der Waals surface area (Å²) in [6, 6.07) is 17.6. The highest BCUT2D eigenvalue weighted by Crippen LogP contribution is 2.33. The van der Waals surface area contributed by atoms with Crippen LogP contribution in [0.2, 0.25) is 0 Å². The highest BCUT2D eigenvalue weighted by atomic mass is 32.2. The van der Waals surface area contributed by atoms with Crippen LogP contribution in [-0.4, -0.2) is 41.0 Å². The zero-order valence-corrected chi connectivity index (χ0v) is 20.1. The van der Waals surface area contributed by atoms with Crippen LogP contribution in [0.1, 0.15) is 48.0 Å². The minimum absolute atomic E-state index is 0.351. The molecule has 0 N–H and O–H groups in total. The number of amides is 1. The highest BCUT2D eigenvalue weighted by Gasteiger charge is 2.39. The minimum Gasteiger partial charge on any atom is -0.452 e. The van der Waals surface area contributed by atoms with E-state index in [0.717, 1.165) is 40.4 Å². The molecule has 0 radical (unpaired) electrons. The maximum atomic E-state index is 12.6. The van der Waals surface area contributed by atoms with Crippen molar-refractivity contribution < 1.29 is 14.3 Å². The van der Waals surface area contributed by atoms with Gasteiger partial charge >= 0.3 is 5.97 Å². The molecular formula is C25H25N3O3S2. The zero-order chi connectivity index (χ0) is 23.3. The van der Waals surface area contributed by atoms with Gasteiger partial charge in [-0.25, -0.2) is 9.78 Å². The van der Waals surface area contributed by atoms with E-state index in [1.165, 1.54) is 9.60 Å². The maximum absolute atomic E-state index is 12.6. The van der Waals surface area contributed by atoms with E-state index in [0.29, 0.717) is 18.4 Å². The molecular weight excluding hydrogens is 454 g/mol. The molecule has 3 aromatic rings. The summed E-state index contributed by atoms with van der Waals surface area (Å²) in [5, 5.41) is 9.64. The van der Waals surface area contributed by atoms with Gasteiger partial charge in [-0.2, -0.15) is 5.26 Å². The molecule has 0 aliphatic heterocycles. The lowest BCUT2D eigenvalue weighted by Gasteiger charge is -2.38. The van der Waals surface area contributed by atoms with Gasteiger partial charge < -0.3 is 9.64 Å². The molecule has 1 heterocycles. The second kappa shape index (κ2) is 10.4. The molecule has 1 fully saturated rings. The van der Waals surface area contributed by atoms with E-state index in [1.807, 2.05) is 30.3 Å². The second-order valence-electron chi connectivity index (χ2n) is 8.17. The Morgan fingerprint density at radius 1 is 1.15 bits per heavy atom. The first-order chi connectivity index (χ1) is 16.0. The molecule has 8 heteroatoms. The number of ether oxygens (including phenoxy) is 1. The van der Waals surface area contributed by atoms with Crippen LogP contribution in [0, 0.1) is 11.3 Å². The third-order valence-electron chi connectivity index (χ3n) is 6.06. The Labute approximate surface area is 201 Å². The molecule has 1 amide bonds. The molecule has 4 rings (SSSR count). The summed E-state index contributed by atoms with van der Waals surface area (Å²) in [4.78, 5) is 31.1. The van der Waals surface area contributed by atoms with E-state index in [1.54, 1.807) is 42.3 Å². The SMILES string of the molecule is CN(C(=O)COC(=O)c1ccc(CSc2nc3ccccc3s2)cc1)C1(C#N)CCCCC1. The van der Waals surface area contributed by atoms with E-state index >= 15 is 0 Å². The van der Waals surface area contributed by atoms with Crippen LogP contribution in [0.3, 0.4) is 0 Å². The molecule has 33 heavy (non-hydrogen) atoms. The number of nitrogens with zero attached hydrogens (tertiary/aromatic N) is 3. The van der Waals surface area contributed by atoms with Gasteiger partial charge in [-0.3, -0.25) is 4.79 Å². The van der Waals surface area contributed by atoms with Crippen LogP contribution in [0.5, 0.6) is 0 Å². The van der Waals surface area contributed by atoms with Crippen molar-refractivity contribution in [1.82, 2.24) is 9.88 Å². The first-order valence-electron chi connectivity index (χ1n) is 10.9. The first kappa shape index (κ1) is 23.3. The Bertz CT molecular complexity index is 1140. The van der Waals surface area contributed by atoms with Gasteiger partial charge in [0.2, 0.25) is 0 Å². The third kappa shape index (κ3) is 5.37. The Balaban J connectivity index is 1.29. The number of nitriles is 1. The standard InChI is InChI=1S/C25H25N3O3S2/c1-28(25(17-26)13-5-2-6-14-25)22(29)15-31-23(30)19-11-9-18(10-12-19)16-32-24-27-20-7-3-4-8-21(20)33-24/h3-4,7-12H,2,5-6,13-16H2,1H3. The van der Waals surface area contributed by atoms with Crippen LogP contribution in [0.4, 0.5) is 0 Å². The lowest BCUT2D eigenvalue weighted by Crippen LogP contribution is -2.51. The Hall–Kier alpha value is -2.89. The number of para-hydroxylation sites is 1. The first-order valence-corrected chi connectivity index (χ1v) is 12.7. The summed E-state index contributed by atoms with van der Waals surface area (Å²) in [6.45, 7) is -0.367. The lowest BCUT2D eigenvalue weighted by molar-refractivity contribution is -0.138. The number of hydrogen-bond acceptors (Lipinski definition) is 7. The number of carbonyl (C=O) groups excluding carboxylic acids is 2. The normalized spacial score (nSPS) is 15.0. The van der Waals surface area contributed by atoms with Gasteiger partial charge in [0.1, 0.15) is 5.54 Å². The van der Waals surface area contributed by atoms with Crippen molar-refractivity contribution in [3.63, 3.8) is 0 Å². The Morgan fingerprint density at radius 2 is 1.88 bits per heavy atom. The molecule has 1 saturated carbocycles. The summed E-state index contributed by atoms with van der Waals surface area (Å²) in [5.41, 5.74) is 1.68. The Kier molecular flexibility index (Phi) is 7.31. The zero-order valence-electron chi connectivity index (χ0n) is 18.5. The van der Waals surface area contributed by atoms with Crippen molar-refractivity contribution in [3.8, 4) is 6.07 Å². The largest absolute Gasteiger partial charge is 0.452 e. The second-order valence-corrected chi connectivity index (χ2v) is 10.4. The highest BCUT2D eigenvalue weighted by molar-refractivity contribution is 8.00. The van der Waals surface area contributed by atoms with Crippen molar-refractivity contribution in [2.45, 2.75) is 47.7 Å². The summed E-state index contributed by atoms with van der Waals surface area (Å²) in [6.07, 6.45) is 4.26. The fraction of sp³-hybridized carbons (Fsp3) is 0.360. The number of rotatable bonds is 7. The van der Waals surface area contributed by atoms with Crippen molar-refractivity contribution in [1.29, 1.82) is 5.26 Å². The fourth-order valence-electron chi connectivity index (χ4n) is 4.00. The number of aromatic nitrogens is 1. The van der Waals surface area contributed by atoms with E-state index in [9.17, 15) is 14.9 Å². The number of likely N-dealkylation sites (N-methyl/N-ethyl adjacent to an activating group) is 1. The van der Waals surface area contributed by atoms with E-state index in [-0.39, 0.29) is 12.5 Å². The molecule has 0 saturated heterocycles. The van der Waals surface area contributed by atoms with E-state index in [4.69, 9.17) is 4.74 Å². The number of benzene rings is 2. The molecule has 0 spiro atoms. The fourth-order valence-corrected chi connectivity index (χ4v) is 6.02. The van der Waals surface area contributed by atoms with Gasteiger partial charge in [0.25, 0.3) is 5.91 Å². The molecule has 0 bridgehead atoms. The third-order valence-corrected chi connectivity index (χ3v) is 8.31. The predicted molar refractivity (Wildman–Crippen MR) is 130 cm³/mol. The smallest absolute Gasteiger partial charge is 0.338 e. The maximum Gasteiger partial charge on any atom is 0.338 e. The molecule has 1 aromatic heterocycles. The van der Waals surface area contributed by atoms with Crippen molar-refractivity contribution in [3.05, 3.63) is 59.7 Å². The van der Waals surface area contributed by atoms with Gasteiger partial charge in [-0.05, 0) is 42.7 Å². The van der Waals surface area contributed by atoms with Crippen molar-refractivity contribution >= 4 is 45.2 Å². The predicted octanol–water partition coefficient (Wildman–Crippen LogP) is 5.43. The summed E-state index contributed by atoms with van der Waals surface area (Å²) >= 11 is 3.33. The number of carbonyl (C=O) groups is 2. The molecule has 170 valence electrons. The van der Waals surface area contributed by atoms with Crippen LogP contribution in [-0.2, 0) is 15.3 Å². The van der Waals surface area contributed by atoms with Gasteiger partial charge in [0, 0.05) is 12.8 Å². The van der Waals surface area contributed by atoms with Crippen LogP contribution >= 0.6 is 23.1 Å². The van der Waals surface area contributed by atoms with Gasteiger partial charge in [-0.15, -0.1) is 11.3 Å². The number of hydrogen-bond donors (Lipinski definition) is 0. The van der Waals surface area contributed by atoms with Crippen molar-refractivity contribution in [2.24, 2.45) is 0 Å². The number of thiazole rings is 1. The van der Waals surface area contributed by atoms with Crippen molar-refractivity contribution in [2.75, 3.05) is 13.7 Å². The summed E-state index contributed by atoms with van der Waals surface area (Å²) in [5.74, 6) is -0.151. The molecule has 1 aliphatic rings. The van der Waals surface area contributed by atoms with Crippen LogP contribution in [0.15, 0.2) is 52.9 Å². The van der Waals surface area contributed by atoms with Gasteiger partial charge in [-0.1, -0.05) is 55.3 Å². The van der Waals surface area contributed by atoms with Crippen LogP contribution < -0.4 is 0 Å². The number of esters is 1. The van der Waals surface area contributed by atoms with Gasteiger partial charge in [0.05, 0.1) is 21.8 Å². The molecule has 6 nitrogen and oxygen atoms in total. The topological polar surface area (TPSA) is 83.3 Å². The molecule has 1 aliphatic carbocycles. The quantitative estimate of drug-likeness (QED) is 0.332. The van der Waals surface area contributed by atoms with E-state index in [2.05, 4.69) is 17.1 Å². The molecule has 2 aromatic carbocycles. The summed E-state index contributed by atoms with van der Waals surface area (Å²) < 4.78 is 7.42. The monoisotopic (exact) mass is 479 g/mol. The van der Waals surface area contributed by atoms with E-state index < -0.39 is 11.5 Å². The molecule has 0 atom stereocenters. The number of thioether (sulfide) groups is 1. The minimum atomic E-state index is -0.787. The average Bonchev–Trinajstić information content (AvgIpc) is 3.29. The average molecular weight is 480 g/mol. The number of fused-ring (bicyclic) bond motifs is 1. The van der Waals surface area contributed by atoms with Gasteiger partial charge in [0.15, 0.2) is 10.9 Å². The molecule has 0 unspecified atom stereocenters.